The van der Waals surface area contributed by atoms with Crippen molar-refractivity contribution >= 4 is 0 Å². The molecule has 0 saturated carbocycles. The molecule has 0 spiro atoms. The maximum absolute atomic E-state index is 10.9. The second-order valence-electron chi connectivity index (χ2n) is 5.01. The van der Waals surface area contributed by atoms with Gasteiger partial charge in [0.15, 0.2) is 0 Å². The number of rotatable bonds is 2. The van der Waals surface area contributed by atoms with Gasteiger partial charge in [0, 0.05) is 19.2 Å². The van der Waals surface area contributed by atoms with Crippen LogP contribution < -0.4 is 0 Å². The molecular weight excluding hydrogens is 224 g/mol. The van der Waals surface area contributed by atoms with Crippen LogP contribution in [0.15, 0.2) is 36.5 Å². The van der Waals surface area contributed by atoms with E-state index in [1.165, 1.54) is 11.1 Å². The van der Waals surface area contributed by atoms with Crippen LogP contribution in [0.1, 0.15) is 30.2 Å². The van der Waals surface area contributed by atoms with Crippen molar-refractivity contribution in [3.8, 4) is 0 Å². The summed E-state index contributed by atoms with van der Waals surface area (Å²) in [5.41, 5.74) is 2.81. The second kappa shape index (κ2) is 4.25. The average molecular weight is 242 g/mol. The fourth-order valence-corrected chi connectivity index (χ4v) is 2.92. The maximum Gasteiger partial charge on any atom is 0.110 e. The molecule has 1 heterocycles. The van der Waals surface area contributed by atoms with Gasteiger partial charge in [-0.1, -0.05) is 24.3 Å². The van der Waals surface area contributed by atoms with Gasteiger partial charge in [0.2, 0.25) is 0 Å². The highest BCUT2D eigenvalue weighted by atomic mass is 16.3. The lowest BCUT2D eigenvalue weighted by Crippen LogP contribution is -2.35. The van der Waals surface area contributed by atoms with Gasteiger partial charge >= 0.3 is 0 Å². The lowest BCUT2D eigenvalue weighted by molar-refractivity contribution is 0.0135. The molecule has 1 N–H and O–H groups in total. The maximum atomic E-state index is 10.9. The molecule has 3 nitrogen and oxygen atoms in total. The summed E-state index contributed by atoms with van der Waals surface area (Å²) in [6.07, 6.45) is 4.17. The summed E-state index contributed by atoms with van der Waals surface area (Å²) in [6.45, 7) is 2.85. The molecule has 1 aromatic carbocycles. The first-order valence-electron chi connectivity index (χ1n) is 6.54. The van der Waals surface area contributed by atoms with Gasteiger partial charge in [-0.3, -0.25) is 4.68 Å². The number of aliphatic hydroxyl groups is 1. The molecule has 0 aliphatic heterocycles. The van der Waals surface area contributed by atoms with Crippen molar-refractivity contribution in [2.75, 3.05) is 0 Å². The topological polar surface area (TPSA) is 38.0 Å². The Kier molecular flexibility index (Phi) is 2.71. The molecule has 94 valence electrons. The number of aromatic nitrogens is 2. The van der Waals surface area contributed by atoms with Gasteiger partial charge in [0.05, 0.1) is 5.69 Å². The Balaban J connectivity index is 1.99. The van der Waals surface area contributed by atoms with E-state index >= 15 is 0 Å². The number of fused-ring (bicyclic) bond motifs is 1. The Labute approximate surface area is 107 Å². The third-order valence-electron chi connectivity index (χ3n) is 3.90. The smallest absolute Gasteiger partial charge is 0.110 e. The van der Waals surface area contributed by atoms with Gasteiger partial charge in [-0.05, 0) is 37.0 Å². The van der Waals surface area contributed by atoms with Crippen LogP contribution in [0.4, 0.5) is 0 Å². The van der Waals surface area contributed by atoms with Gasteiger partial charge in [-0.2, -0.15) is 5.10 Å². The molecule has 0 radical (unpaired) electrons. The predicted molar refractivity (Wildman–Crippen MR) is 70.3 cm³/mol. The van der Waals surface area contributed by atoms with Crippen LogP contribution in [0.5, 0.6) is 0 Å². The number of hydrogen-bond donors (Lipinski definition) is 1. The lowest BCUT2D eigenvalue weighted by atomic mass is 9.78. The summed E-state index contributed by atoms with van der Waals surface area (Å²) in [5, 5.41) is 15.2. The van der Waals surface area contributed by atoms with Gasteiger partial charge in [-0.15, -0.1) is 0 Å². The summed E-state index contributed by atoms with van der Waals surface area (Å²) in [5.74, 6) is 0. The number of benzene rings is 1. The third-order valence-corrected chi connectivity index (χ3v) is 3.90. The van der Waals surface area contributed by atoms with E-state index in [-0.39, 0.29) is 0 Å². The van der Waals surface area contributed by atoms with Gasteiger partial charge in [-0.25, -0.2) is 0 Å². The standard InChI is InChI=1S/C15H18N2O/c1-2-17-14(8-10-16-17)15(18)9-7-12-5-3-4-6-13(12)11-15/h3-6,8,10,18H,2,7,9,11H2,1H3. The van der Waals surface area contributed by atoms with Crippen LogP contribution in [-0.2, 0) is 25.0 Å². The molecular formula is C15H18N2O. The normalized spacial score (nSPS) is 22.8. The van der Waals surface area contributed by atoms with E-state index < -0.39 is 5.60 Å². The van der Waals surface area contributed by atoms with Gasteiger partial charge in [0.1, 0.15) is 5.60 Å². The molecule has 1 atom stereocenters. The summed E-state index contributed by atoms with van der Waals surface area (Å²) >= 11 is 0. The van der Waals surface area contributed by atoms with E-state index in [0.717, 1.165) is 25.1 Å². The first-order valence-corrected chi connectivity index (χ1v) is 6.54. The van der Waals surface area contributed by atoms with Crippen molar-refractivity contribution < 1.29 is 5.11 Å². The van der Waals surface area contributed by atoms with Crippen LogP contribution in [0.25, 0.3) is 0 Å². The highest BCUT2D eigenvalue weighted by Gasteiger charge is 2.36. The molecule has 0 saturated heterocycles. The van der Waals surface area contributed by atoms with Crippen molar-refractivity contribution in [1.29, 1.82) is 0 Å². The third kappa shape index (κ3) is 1.75. The minimum absolute atomic E-state index is 0.689. The second-order valence-corrected chi connectivity index (χ2v) is 5.01. The largest absolute Gasteiger partial charge is 0.383 e. The molecule has 1 aliphatic carbocycles. The molecule has 3 rings (SSSR count). The van der Waals surface area contributed by atoms with Crippen molar-refractivity contribution in [3.05, 3.63) is 53.3 Å². The van der Waals surface area contributed by atoms with Crippen LogP contribution in [0.3, 0.4) is 0 Å². The predicted octanol–water partition coefficient (Wildman–Crippen LogP) is 2.28. The Hall–Kier alpha value is -1.61. The number of nitrogens with zero attached hydrogens (tertiary/aromatic N) is 2. The molecule has 0 bridgehead atoms. The van der Waals surface area contributed by atoms with Crippen LogP contribution in [-0.4, -0.2) is 14.9 Å². The highest BCUT2D eigenvalue weighted by Crippen LogP contribution is 2.36. The molecule has 1 aromatic heterocycles. The summed E-state index contributed by atoms with van der Waals surface area (Å²) in [4.78, 5) is 0. The highest BCUT2D eigenvalue weighted by molar-refractivity contribution is 5.33. The zero-order chi connectivity index (χ0) is 12.6. The molecule has 0 amide bonds. The summed E-state index contributed by atoms with van der Waals surface area (Å²) in [7, 11) is 0. The zero-order valence-electron chi connectivity index (χ0n) is 10.6. The quantitative estimate of drug-likeness (QED) is 0.877. The van der Waals surface area contributed by atoms with Crippen molar-refractivity contribution in [2.45, 2.75) is 38.3 Å². The van der Waals surface area contributed by atoms with E-state index in [4.69, 9.17) is 0 Å². The lowest BCUT2D eigenvalue weighted by Gasteiger charge is -2.33. The van der Waals surface area contributed by atoms with E-state index in [1.807, 2.05) is 16.8 Å². The van der Waals surface area contributed by atoms with Crippen molar-refractivity contribution in [2.24, 2.45) is 0 Å². The zero-order valence-corrected chi connectivity index (χ0v) is 10.6. The van der Waals surface area contributed by atoms with E-state index in [9.17, 15) is 5.11 Å². The average Bonchev–Trinajstić information content (AvgIpc) is 2.87. The van der Waals surface area contributed by atoms with Gasteiger partial charge < -0.3 is 5.11 Å². The minimum Gasteiger partial charge on any atom is -0.383 e. The van der Waals surface area contributed by atoms with Gasteiger partial charge in [0.25, 0.3) is 0 Å². The van der Waals surface area contributed by atoms with Crippen LogP contribution in [0.2, 0.25) is 0 Å². The Bertz CT molecular complexity index is 561. The monoisotopic (exact) mass is 242 g/mol. The first kappa shape index (κ1) is 11.5. The fourth-order valence-electron chi connectivity index (χ4n) is 2.92. The van der Waals surface area contributed by atoms with E-state index in [1.54, 1.807) is 6.20 Å². The van der Waals surface area contributed by atoms with Crippen molar-refractivity contribution in [1.82, 2.24) is 9.78 Å². The number of aryl methyl sites for hydroxylation is 2. The Morgan fingerprint density at radius 3 is 2.83 bits per heavy atom. The molecule has 18 heavy (non-hydrogen) atoms. The van der Waals surface area contributed by atoms with E-state index in [0.29, 0.717) is 6.42 Å². The van der Waals surface area contributed by atoms with Crippen LogP contribution >= 0.6 is 0 Å². The molecule has 1 aliphatic rings. The Morgan fingerprint density at radius 2 is 2.06 bits per heavy atom. The molecule has 1 unspecified atom stereocenters. The first-order chi connectivity index (χ1) is 8.73. The fraction of sp³-hybridized carbons (Fsp3) is 0.400. The van der Waals surface area contributed by atoms with Crippen molar-refractivity contribution in [3.63, 3.8) is 0 Å². The molecule has 3 heteroatoms. The summed E-state index contributed by atoms with van der Waals surface area (Å²) < 4.78 is 1.90. The van der Waals surface area contributed by atoms with E-state index in [2.05, 4.69) is 30.2 Å². The Morgan fingerprint density at radius 1 is 1.28 bits per heavy atom. The summed E-state index contributed by atoms with van der Waals surface area (Å²) in [6, 6.07) is 10.3. The SMILES string of the molecule is CCn1nccc1C1(O)CCc2ccccc2C1. The van der Waals surface area contributed by atoms with Crippen LogP contribution in [0, 0.1) is 0 Å². The molecule has 2 aromatic rings. The minimum atomic E-state index is -0.763. The number of hydrogen-bond acceptors (Lipinski definition) is 2. The molecule has 0 fully saturated rings.